The largest absolute Gasteiger partial charge is 0.478 e. The van der Waals surface area contributed by atoms with Crippen LogP contribution in [-0.2, 0) is 0 Å². The number of carboxylic acids is 1. The van der Waals surface area contributed by atoms with Crippen molar-refractivity contribution in [3.05, 3.63) is 88.2 Å². The van der Waals surface area contributed by atoms with Gasteiger partial charge in [-0.15, -0.1) is 0 Å². The van der Waals surface area contributed by atoms with Crippen molar-refractivity contribution in [1.82, 2.24) is 9.99 Å². The molecule has 6 nitrogen and oxygen atoms in total. The number of carboxylic acid groups (broad SMARTS) is 1. The van der Waals surface area contributed by atoms with Crippen molar-refractivity contribution < 1.29 is 14.7 Å². The molecular formula is C22H21N3O3. The molecule has 0 saturated carbocycles. The third-order valence-electron chi connectivity index (χ3n) is 4.57. The van der Waals surface area contributed by atoms with Gasteiger partial charge in [0.05, 0.1) is 11.8 Å². The van der Waals surface area contributed by atoms with Crippen molar-refractivity contribution in [2.75, 3.05) is 0 Å². The van der Waals surface area contributed by atoms with Crippen molar-refractivity contribution in [3.8, 4) is 5.69 Å². The van der Waals surface area contributed by atoms with Gasteiger partial charge in [0.15, 0.2) is 0 Å². The second-order valence-electron chi connectivity index (χ2n) is 6.53. The molecule has 0 aliphatic heterocycles. The molecule has 3 aromatic rings. The normalized spacial score (nSPS) is 11.0. The fourth-order valence-electron chi connectivity index (χ4n) is 3.09. The molecule has 0 unspecified atom stereocenters. The lowest BCUT2D eigenvalue weighted by atomic mass is 10.1. The van der Waals surface area contributed by atoms with Gasteiger partial charge in [0.2, 0.25) is 0 Å². The standard InChI is InChI=1S/C22H21N3O3/c1-14-9-10-18(22(27)28)12-20(14)25-15(2)11-19(16(25)3)13-23-24-21(26)17-7-5-4-6-8-17/h4-13H,1-3H3,(H,24,26)(H,27,28)/b23-13+. The summed E-state index contributed by atoms with van der Waals surface area (Å²) in [7, 11) is 0. The molecule has 0 aliphatic carbocycles. The van der Waals surface area contributed by atoms with Gasteiger partial charge in [0.25, 0.3) is 5.91 Å². The van der Waals surface area contributed by atoms with Gasteiger partial charge in [-0.3, -0.25) is 4.79 Å². The maximum Gasteiger partial charge on any atom is 0.335 e. The summed E-state index contributed by atoms with van der Waals surface area (Å²) in [6.45, 7) is 5.81. The van der Waals surface area contributed by atoms with Gasteiger partial charge in [-0.2, -0.15) is 5.10 Å². The number of hydrogen-bond donors (Lipinski definition) is 2. The van der Waals surface area contributed by atoms with Crippen LogP contribution < -0.4 is 5.43 Å². The number of amides is 1. The summed E-state index contributed by atoms with van der Waals surface area (Å²) in [6.07, 6.45) is 1.59. The summed E-state index contributed by atoms with van der Waals surface area (Å²) >= 11 is 0. The van der Waals surface area contributed by atoms with Gasteiger partial charge >= 0.3 is 5.97 Å². The van der Waals surface area contributed by atoms with Gasteiger partial charge in [0.1, 0.15) is 0 Å². The molecule has 1 aromatic heterocycles. The quantitative estimate of drug-likeness (QED) is 0.525. The molecule has 0 spiro atoms. The van der Waals surface area contributed by atoms with Gasteiger partial charge in [0, 0.05) is 28.2 Å². The minimum absolute atomic E-state index is 0.235. The Morgan fingerprint density at radius 1 is 1.00 bits per heavy atom. The molecule has 0 atom stereocenters. The van der Waals surface area contributed by atoms with Crippen LogP contribution in [0.25, 0.3) is 5.69 Å². The molecule has 2 N–H and O–H groups in total. The molecule has 2 aromatic carbocycles. The Hall–Kier alpha value is -3.67. The van der Waals surface area contributed by atoms with Crippen LogP contribution in [0.15, 0.2) is 59.7 Å². The van der Waals surface area contributed by atoms with Crippen LogP contribution in [0.2, 0.25) is 0 Å². The first-order chi connectivity index (χ1) is 13.4. The van der Waals surface area contributed by atoms with E-state index in [0.29, 0.717) is 5.56 Å². The van der Waals surface area contributed by atoms with E-state index in [0.717, 1.165) is 28.2 Å². The zero-order chi connectivity index (χ0) is 20.3. The first-order valence-corrected chi connectivity index (χ1v) is 8.80. The molecule has 0 radical (unpaired) electrons. The van der Waals surface area contributed by atoms with E-state index >= 15 is 0 Å². The Bertz CT molecular complexity index is 1070. The van der Waals surface area contributed by atoms with Crippen LogP contribution in [0, 0.1) is 20.8 Å². The van der Waals surface area contributed by atoms with Crippen LogP contribution in [0.4, 0.5) is 0 Å². The number of nitrogens with zero attached hydrogens (tertiary/aromatic N) is 2. The van der Waals surface area contributed by atoms with Crippen LogP contribution in [-0.4, -0.2) is 27.8 Å². The average molecular weight is 375 g/mol. The first kappa shape index (κ1) is 19.1. The van der Waals surface area contributed by atoms with Gasteiger partial charge < -0.3 is 9.67 Å². The zero-order valence-corrected chi connectivity index (χ0v) is 15.9. The van der Waals surface area contributed by atoms with E-state index in [1.165, 1.54) is 0 Å². The number of benzene rings is 2. The van der Waals surface area contributed by atoms with Crippen molar-refractivity contribution >= 4 is 18.1 Å². The molecule has 28 heavy (non-hydrogen) atoms. The van der Waals surface area contributed by atoms with Crippen LogP contribution in [0.5, 0.6) is 0 Å². The highest BCUT2D eigenvalue weighted by molar-refractivity contribution is 5.95. The highest BCUT2D eigenvalue weighted by Crippen LogP contribution is 2.23. The summed E-state index contributed by atoms with van der Waals surface area (Å²) in [6, 6.07) is 15.9. The summed E-state index contributed by atoms with van der Waals surface area (Å²) in [5.41, 5.74) is 7.75. The maximum atomic E-state index is 12.1. The topological polar surface area (TPSA) is 83.7 Å². The Labute approximate surface area is 163 Å². The van der Waals surface area contributed by atoms with Gasteiger partial charge in [-0.05, 0) is 56.7 Å². The van der Waals surface area contributed by atoms with E-state index in [1.807, 2.05) is 37.5 Å². The molecule has 6 heteroatoms. The van der Waals surface area contributed by atoms with Gasteiger partial charge in [-0.25, -0.2) is 10.2 Å². The summed E-state index contributed by atoms with van der Waals surface area (Å²) in [4.78, 5) is 23.4. The molecule has 142 valence electrons. The molecule has 0 aliphatic rings. The Morgan fingerprint density at radius 3 is 2.39 bits per heavy atom. The minimum Gasteiger partial charge on any atom is -0.478 e. The number of aromatic nitrogens is 1. The third kappa shape index (κ3) is 3.86. The number of nitrogens with one attached hydrogen (secondary N) is 1. The fourth-order valence-corrected chi connectivity index (χ4v) is 3.09. The first-order valence-electron chi connectivity index (χ1n) is 8.80. The zero-order valence-electron chi connectivity index (χ0n) is 15.9. The molecule has 0 bridgehead atoms. The molecular weight excluding hydrogens is 354 g/mol. The predicted molar refractivity (Wildman–Crippen MR) is 108 cm³/mol. The number of carbonyl (C=O) groups is 2. The molecule has 1 heterocycles. The van der Waals surface area contributed by atoms with Crippen LogP contribution in [0.3, 0.4) is 0 Å². The second-order valence-corrected chi connectivity index (χ2v) is 6.53. The number of carbonyl (C=O) groups excluding carboxylic acids is 1. The highest BCUT2D eigenvalue weighted by atomic mass is 16.4. The molecule has 0 saturated heterocycles. The Kier molecular flexibility index (Phi) is 5.40. The number of aryl methyl sites for hydroxylation is 2. The van der Waals surface area contributed by atoms with E-state index in [2.05, 4.69) is 10.5 Å². The van der Waals surface area contributed by atoms with E-state index < -0.39 is 5.97 Å². The van der Waals surface area contributed by atoms with Crippen LogP contribution in [0.1, 0.15) is 43.2 Å². The van der Waals surface area contributed by atoms with Crippen LogP contribution >= 0.6 is 0 Å². The third-order valence-corrected chi connectivity index (χ3v) is 4.57. The van der Waals surface area contributed by atoms with Crippen molar-refractivity contribution in [1.29, 1.82) is 0 Å². The Morgan fingerprint density at radius 2 is 1.71 bits per heavy atom. The Balaban J connectivity index is 1.88. The fraction of sp³-hybridized carbons (Fsp3) is 0.136. The summed E-state index contributed by atoms with van der Waals surface area (Å²) in [5, 5.41) is 13.3. The number of rotatable bonds is 5. The summed E-state index contributed by atoms with van der Waals surface area (Å²) < 4.78 is 1.99. The maximum absolute atomic E-state index is 12.1. The van der Waals surface area contributed by atoms with E-state index in [4.69, 9.17) is 0 Å². The minimum atomic E-state index is -0.964. The smallest absolute Gasteiger partial charge is 0.335 e. The average Bonchev–Trinajstić information content (AvgIpc) is 2.96. The number of hydrazone groups is 1. The summed E-state index contributed by atoms with van der Waals surface area (Å²) in [5.74, 6) is -1.25. The second kappa shape index (κ2) is 7.92. The lowest BCUT2D eigenvalue weighted by Gasteiger charge is -2.13. The predicted octanol–water partition coefficient (Wildman–Crippen LogP) is 3.86. The van der Waals surface area contributed by atoms with Crippen molar-refractivity contribution in [3.63, 3.8) is 0 Å². The number of hydrogen-bond acceptors (Lipinski definition) is 3. The van der Waals surface area contributed by atoms with Crippen molar-refractivity contribution in [2.24, 2.45) is 5.10 Å². The highest BCUT2D eigenvalue weighted by Gasteiger charge is 2.14. The SMILES string of the molecule is Cc1ccc(C(=O)O)cc1-n1c(C)cc(/C=N/NC(=O)c2ccccc2)c1C. The number of aromatic carboxylic acids is 1. The lowest BCUT2D eigenvalue weighted by molar-refractivity contribution is 0.0696. The monoisotopic (exact) mass is 375 g/mol. The van der Waals surface area contributed by atoms with E-state index in [9.17, 15) is 14.7 Å². The van der Waals surface area contributed by atoms with E-state index in [-0.39, 0.29) is 11.5 Å². The molecule has 1 amide bonds. The van der Waals surface area contributed by atoms with Crippen molar-refractivity contribution in [2.45, 2.75) is 20.8 Å². The lowest BCUT2D eigenvalue weighted by Crippen LogP contribution is -2.17. The van der Waals surface area contributed by atoms with E-state index in [1.54, 1.807) is 48.7 Å². The molecule has 0 fully saturated rings. The van der Waals surface area contributed by atoms with Gasteiger partial charge in [-0.1, -0.05) is 24.3 Å². The molecule has 3 rings (SSSR count).